The normalized spacial score (nSPS) is 10.7. The molecule has 0 spiro atoms. The molecule has 4 rings (SSSR count). The predicted octanol–water partition coefficient (Wildman–Crippen LogP) is 3.79. The van der Waals surface area contributed by atoms with Crippen LogP contribution in [0.4, 0.5) is 11.6 Å². The molecule has 0 aliphatic rings. The zero-order valence-corrected chi connectivity index (χ0v) is 18.5. The van der Waals surface area contributed by atoms with Crippen molar-refractivity contribution in [3.63, 3.8) is 0 Å². The molecule has 0 unspecified atom stereocenters. The Morgan fingerprint density at radius 3 is 2.91 bits per heavy atom. The zero-order valence-electron chi connectivity index (χ0n) is 18.5. The van der Waals surface area contributed by atoms with Crippen molar-refractivity contribution >= 4 is 35.2 Å². The molecule has 0 saturated carbocycles. The Balaban J connectivity index is 1.53. The van der Waals surface area contributed by atoms with Crippen LogP contribution in [0, 0.1) is 17.8 Å². The molecule has 2 aromatic carbocycles. The van der Waals surface area contributed by atoms with Gasteiger partial charge in [-0.25, -0.2) is 15.0 Å². The highest BCUT2D eigenvalue weighted by atomic mass is 16.5. The van der Waals surface area contributed by atoms with Gasteiger partial charge in [0.05, 0.1) is 29.3 Å². The van der Waals surface area contributed by atoms with Crippen LogP contribution in [0.5, 0.6) is 5.75 Å². The highest BCUT2D eigenvalue weighted by Gasteiger charge is 2.09. The van der Waals surface area contributed by atoms with Crippen LogP contribution in [0.2, 0.25) is 0 Å². The van der Waals surface area contributed by atoms with Gasteiger partial charge in [0, 0.05) is 49.3 Å². The van der Waals surface area contributed by atoms with E-state index in [1.165, 1.54) is 0 Å². The van der Waals surface area contributed by atoms with E-state index in [9.17, 15) is 0 Å². The average molecular weight is 451 g/mol. The number of hydrogen-bond acceptors (Lipinski definition) is 7. The fourth-order valence-corrected chi connectivity index (χ4v) is 3.26. The molecule has 34 heavy (non-hydrogen) atoms. The predicted molar refractivity (Wildman–Crippen MR) is 132 cm³/mol. The van der Waals surface area contributed by atoms with Gasteiger partial charge >= 0.3 is 0 Å². The number of terminal acetylenes is 1. The number of aromatic nitrogens is 4. The number of ether oxygens (including phenoxy) is 1. The second kappa shape index (κ2) is 10.7. The molecule has 0 fully saturated rings. The molecule has 0 saturated heterocycles. The molecule has 168 valence electrons. The number of fused-ring (bicyclic) bond motifs is 1. The van der Waals surface area contributed by atoms with Gasteiger partial charge in [-0.2, -0.15) is 0 Å². The number of aliphatic imine (C=N–C) groups is 1. The van der Waals surface area contributed by atoms with E-state index >= 15 is 0 Å². The Morgan fingerprint density at radius 1 is 1.21 bits per heavy atom. The fourth-order valence-electron chi connectivity index (χ4n) is 3.26. The number of nitrogens with zero attached hydrogens (tertiary/aromatic N) is 6. The van der Waals surface area contributed by atoms with Crippen LogP contribution in [-0.4, -0.2) is 44.6 Å². The summed E-state index contributed by atoms with van der Waals surface area (Å²) in [6.45, 7) is 0.892. The lowest BCUT2D eigenvalue weighted by molar-refractivity contribution is 0.300. The summed E-state index contributed by atoms with van der Waals surface area (Å²) >= 11 is 0. The molecule has 4 aromatic rings. The van der Waals surface area contributed by atoms with Gasteiger partial charge in [0.15, 0.2) is 0 Å². The maximum atomic E-state index is 6.99. The largest absolute Gasteiger partial charge is 0.486 e. The van der Waals surface area contributed by atoms with Crippen LogP contribution in [0.15, 0.2) is 66.2 Å². The van der Waals surface area contributed by atoms with E-state index in [0.29, 0.717) is 35.0 Å². The number of rotatable bonds is 9. The zero-order chi connectivity index (χ0) is 23.8. The van der Waals surface area contributed by atoms with Gasteiger partial charge in [-0.3, -0.25) is 15.4 Å². The third-order valence-electron chi connectivity index (χ3n) is 4.78. The molecular weight excluding hydrogens is 428 g/mol. The molecule has 0 amide bonds. The first-order valence-corrected chi connectivity index (χ1v) is 10.4. The summed E-state index contributed by atoms with van der Waals surface area (Å²) in [5.74, 6) is 3.65. The molecule has 0 bridgehead atoms. The highest BCUT2D eigenvalue weighted by molar-refractivity contribution is 5.83. The Kier molecular flexibility index (Phi) is 7.00. The van der Waals surface area contributed by atoms with Crippen LogP contribution in [0.25, 0.3) is 10.9 Å². The number of nitrogens with one attached hydrogen (secondary N) is 2. The van der Waals surface area contributed by atoms with Crippen molar-refractivity contribution in [1.29, 1.82) is 5.41 Å². The van der Waals surface area contributed by atoms with Crippen LogP contribution in [0.3, 0.4) is 0 Å². The maximum absolute atomic E-state index is 6.99. The summed E-state index contributed by atoms with van der Waals surface area (Å²) in [6, 6.07) is 11.6. The van der Waals surface area contributed by atoms with Crippen molar-refractivity contribution < 1.29 is 4.74 Å². The third-order valence-corrected chi connectivity index (χ3v) is 4.78. The first-order chi connectivity index (χ1) is 16.6. The fraction of sp³-hybridized carbons (Fsp3) is 0.120. The summed E-state index contributed by atoms with van der Waals surface area (Å²) < 4.78 is 5.91. The third kappa shape index (κ3) is 5.69. The Hall–Kier alpha value is -4.84. The number of anilines is 2. The van der Waals surface area contributed by atoms with Crippen LogP contribution < -0.4 is 10.1 Å². The monoisotopic (exact) mass is 450 g/mol. The number of hydrogen-bond donors (Lipinski definition) is 2. The molecule has 9 nitrogen and oxygen atoms in total. The summed E-state index contributed by atoms with van der Waals surface area (Å²) in [5.41, 5.74) is 3.94. The molecule has 0 aliphatic heterocycles. The lowest BCUT2D eigenvalue weighted by Crippen LogP contribution is -2.15. The summed E-state index contributed by atoms with van der Waals surface area (Å²) in [6.07, 6.45) is 14.9. The van der Waals surface area contributed by atoms with E-state index in [-0.39, 0.29) is 6.61 Å². The molecule has 0 atom stereocenters. The maximum Gasteiger partial charge on any atom is 0.227 e. The summed E-state index contributed by atoms with van der Waals surface area (Å²) in [7, 11) is 1.90. The van der Waals surface area contributed by atoms with Crippen molar-refractivity contribution in [2.75, 3.05) is 12.4 Å². The van der Waals surface area contributed by atoms with Crippen molar-refractivity contribution in [2.45, 2.75) is 13.2 Å². The van der Waals surface area contributed by atoms with Crippen LogP contribution in [0.1, 0.15) is 16.8 Å². The van der Waals surface area contributed by atoms with Gasteiger partial charge in [0.1, 0.15) is 18.7 Å². The van der Waals surface area contributed by atoms with E-state index in [1.54, 1.807) is 31.1 Å². The Morgan fingerprint density at radius 2 is 2.12 bits per heavy atom. The molecule has 0 aliphatic carbocycles. The van der Waals surface area contributed by atoms with E-state index in [2.05, 4.69) is 36.2 Å². The van der Waals surface area contributed by atoms with E-state index < -0.39 is 0 Å². The lowest BCUT2D eigenvalue weighted by atomic mass is 10.1. The van der Waals surface area contributed by atoms with Gasteiger partial charge in [-0.1, -0.05) is 18.1 Å². The van der Waals surface area contributed by atoms with E-state index in [1.807, 2.05) is 48.3 Å². The van der Waals surface area contributed by atoms with Crippen LogP contribution >= 0.6 is 0 Å². The summed E-state index contributed by atoms with van der Waals surface area (Å²) in [4.78, 5) is 23.0. The van der Waals surface area contributed by atoms with Crippen molar-refractivity contribution in [1.82, 2.24) is 24.8 Å². The minimum atomic E-state index is 0.246. The standard InChI is InChI=1S/C25H22N8O/c1-3-19-10-20-12-30-25(31-21-6-4-5-18(9-21)14-33(2)17-28-16-26)32-23(20)11-24(19)34-15-22-13-27-7-8-29-22/h1,4-13,16-17,26H,14-15H2,2H3,(H,30,31,32). The van der Waals surface area contributed by atoms with Gasteiger partial charge in [0.25, 0.3) is 0 Å². The Labute approximate surface area is 197 Å². The minimum absolute atomic E-state index is 0.246. The molecule has 0 radical (unpaired) electrons. The van der Waals surface area contributed by atoms with E-state index in [0.717, 1.165) is 23.0 Å². The number of benzene rings is 2. The van der Waals surface area contributed by atoms with E-state index in [4.69, 9.17) is 16.6 Å². The molecule has 2 aromatic heterocycles. The van der Waals surface area contributed by atoms with Gasteiger partial charge in [-0.15, -0.1) is 6.42 Å². The summed E-state index contributed by atoms with van der Waals surface area (Å²) in [5, 5.41) is 11.1. The average Bonchev–Trinajstić information content (AvgIpc) is 2.86. The first kappa shape index (κ1) is 22.4. The second-order valence-electron chi connectivity index (χ2n) is 7.36. The molecule has 2 heterocycles. The topological polar surface area (TPSA) is 112 Å². The smallest absolute Gasteiger partial charge is 0.227 e. The first-order valence-electron chi connectivity index (χ1n) is 10.4. The van der Waals surface area contributed by atoms with Gasteiger partial charge in [-0.05, 0) is 23.8 Å². The molecule has 9 heteroatoms. The quantitative estimate of drug-likeness (QED) is 0.227. The molecular formula is C25H22N8O. The van der Waals surface area contributed by atoms with Crippen molar-refractivity contribution in [2.24, 2.45) is 4.99 Å². The lowest BCUT2D eigenvalue weighted by Gasteiger charge is -2.14. The minimum Gasteiger partial charge on any atom is -0.486 e. The van der Waals surface area contributed by atoms with Crippen LogP contribution in [-0.2, 0) is 13.2 Å². The SMILES string of the molecule is C#Cc1cc2cnc(Nc3cccc(CN(C)C=NC=N)c3)nc2cc1OCc1cnccn1. The Bertz CT molecular complexity index is 1360. The molecule has 2 N–H and O–H groups in total. The van der Waals surface area contributed by atoms with Gasteiger partial charge < -0.3 is 15.0 Å². The van der Waals surface area contributed by atoms with Crippen molar-refractivity contribution in [3.05, 3.63) is 78.0 Å². The van der Waals surface area contributed by atoms with Gasteiger partial charge in [0.2, 0.25) is 5.95 Å². The van der Waals surface area contributed by atoms with Crippen molar-refractivity contribution in [3.8, 4) is 18.1 Å². The highest BCUT2D eigenvalue weighted by Crippen LogP contribution is 2.26. The second-order valence-corrected chi connectivity index (χ2v) is 7.36.